The van der Waals surface area contributed by atoms with Crippen LogP contribution in [-0.2, 0) is 0 Å². The van der Waals surface area contributed by atoms with Gasteiger partial charge in [-0.15, -0.1) is 0 Å². The summed E-state index contributed by atoms with van der Waals surface area (Å²) in [5.74, 6) is 1.05. The molecule has 1 saturated heterocycles. The molecule has 0 radical (unpaired) electrons. The highest BCUT2D eigenvalue weighted by Crippen LogP contribution is 2.35. The lowest BCUT2D eigenvalue weighted by Gasteiger charge is -2.44. The molecule has 0 unspecified atom stereocenters. The van der Waals surface area contributed by atoms with Crippen molar-refractivity contribution in [2.24, 2.45) is 5.92 Å². The lowest BCUT2D eigenvalue weighted by molar-refractivity contribution is 0.0596. The first kappa shape index (κ1) is 12.9. The summed E-state index contributed by atoms with van der Waals surface area (Å²) in [5, 5.41) is 1.18. The van der Waals surface area contributed by atoms with Crippen molar-refractivity contribution in [3.8, 4) is 0 Å². The van der Waals surface area contributed by atoms with Gasteiger partial charge in [0.15, 0.2) is 0 Å². The minimum absolute atomic E-state index is 0.964. The third-order valence-corrected chi connectivity index (χ3v) is 5.00. The quantitative estimate of drug-likeness (QED) is 0.541. The molecule has 0 spiro atoms. The number of hydrogen-bond acceptors (Lipinski definition) is 1. The highest BCUT2D eigenvalue weighted by Gasteiger charge is 2.32. The van der Waals surface area contributed by atoms with E-state index in [9.17, 15) is 0 Å². The molecule has 1 heterocycles. The molecule has 2 aliphatic rings. The van der Waals surface area contributed by atoms with Gasteiger partial charge in [-0.25, -0.2) is 0 Å². The van der Waals surface area contributed by atoms with Crippen molar-refractivity contribution in [2.75, 3.05) is 18.4 Å². The van der Waals surface area contributed by atoms with Crippen molar-refractivity contribution in [2.45, 2.75) is 63.8 Å². The van der Waals surface area contributed by atoms with Crippen LogP contribution >= 0.6 is 15.9 Å². The molecule has 1 saturated carbocycles. The highest BCUT2D eigenvalue weighted by atomic mass is 79.9. The van der Waals surface area contributed by atoms with Crippen LogP contribution in [0.2, 0.25) is 0 Å². The molecule has 0 bridgehead atoms. The van der Waals surface area contributed by atoms with E-state index in [1.807, 2.05) is 0 Å². The minimum Gasteiger partial charge on any atom is -0.300 e. The number of nitrogens with zero attached hydrogens (tertiary/aromatic N) is 1. The van der Waals surface area contributed by atoms with Gasteiger partial charge in [-0.05, 0) is 57.5 Å². The fourth-order valence-corrected chi connectivity index (χ4v) is 3.99. The van der Waals surface area contributed by atoms with Gasteiger partial charge >= 0.3 is 0 Å². The molecule has 2 atom stereocenters. The zero-order valence-corrected chi connectivity index (χ0v) is 12.1. The van der Waals surface area contributed by atoms with Gasteiger partial charge in [0, 0.05) is 11.4 Å². The molecule has 16 heavy (non-hydrogen) atoms. The fraction of sp³-hybridized carbons (Fsp3) is 1.00. The molecule has 0 aromatic carbocycles. The van der Waals surface area contributed by atoms with Crippen molar-refractivity contribution in [3.05, 3.63) is 0 Å². The van der Waals surface area contributed by atoms with E-state index in [0.717, 1.165) is 12.0 Å². The number of likely N-dealkylation sites (tertiary alicyclic amines) is 1. The summed E-state index contributed by atoms with van der Waals surface area (Å²) in [4.78, 5) is 2.82. The van der Waals surface area contributed by atoms with Crippen LogP contribution < -0.4 is 0 Å². The maximum atomic E-state index is 3.52. The Hall–Kier alpha value is 0.440. The molecular weight excluding hydrogens is 262 g/mol. The number of rotatable bonds is 5. The Morgan fingerprint density at radius 3 is 2.62 bits per heavy atom. The normalized spacial score (nSPS) is 31.3. The zero-order chi connectivity index (χ0) is 11.2. The van der Waals surface area contributed by atoms with E-state index in [2.05, 4.69) is 20.8 Å². The van der Waals surface area contributed by atoms with E-state index in [1.165, 1.54) is 76.2 Å². The first-order chi connectivity index (χ1) is 7.92. The van der Waals surface area contributed by atoms with Crippen LogP contribution in [0.5, 0.6) is 0 Å². The van der Waals surface area contributed by atoms with Crippen LogP contribution in [0.1, 0.15) is 57.8 Å². The number of halogens is 1. The molecule has 2 fully saturated rings. The zero-order valence-electron chi connectivity index (χ0n) is 10.5. The summed E-state index contributed by atoms with van der Waals surface area (Å²) in [7, 11) is 0. The summed E-state index contributed by atoms with van der Waals surface area (Å²) in [6, 6.07) is 0.964. The molecule has 94 valence electrons. The number of hydrogen-bond donors (Lipinski definition) is 0. The van der Waals surface area contributed by atoms with E-state index in [-0.39, 0.29) is 0 Å². The monoisotopic (exact) mass is 287 g/mol. The Morgan fingerprint density at radius 2 is 1.75 bits per heavy atom. The Balaban J connectivity index is 1.74. The predicted molar refractivity (Wildman–Crippen MR) is 74.2 cm³/mol. The van der Waals surface area contributed by atoms with Crippen LogP contribution in [-0.4, -0.2) is 29.4 Å². The molecule has 2 heteroatoms. The predicted octanol–water partition coefficient (Wildman–Crippen LogP) is 4.21. The van der Waals surface area contributed by atoms with Gasteiger partial charge in [-0.1, -0.05) is 35.2 Å². The number of fused-ring (bicyclic) bond motifs is 1. The summed E-state index contributed by atoms with van der Waals surface area (Å²) in [6.45, 7) is 2.75. The smallest absolute Gasteiger partial charge is 0.0123 e. The molecule has 0 N–H and O–H groups in total. The average Bonchev–Trinajstić information content (AvgIpc) is 2.35. The molecule has 1 aliphatic carbocycles. The third-order valence-electron chi connectivity index (χ3n) is 4.44. The van der Waals surface area contributed by atoms with Gasteiger partial charge in [-0.3, -0.25) is 0 Å². The first-order valence-corrected chi connectivity index (χ1v) is 8.34. The average molecular weight is 288 g/mol. The second-order valence-electron chi connectivity index (χ2n) is 5.54. The fourth-order valence-electron chi connectivity index (χ4n) is 3.59. The highest BCUT2D eigenvalue weighted by molar-refractivity contribution is 9.09. The van der Waals surface area contributed by atoms with Crippen LogP contribution in [0.4, 0.5) is 0 Å². The van der Waals surface area contributed by atoms with Crippen LogP contribution in [0.15, 0.2) is 0 Å². The van der Waals surface area contributed by atoms with Crippen molar-refractivity contribution < 1.29 is 0 Å². The topological polar surface area (TPSA) is 3.24 Å². The second-order valence-corrected chi connectivity index (χ2v) is 6.33. The number of piperidine rings is 1. The molecule has 0 aromatic heterocycles. The van der Waals surface area contributed by atoms with Gasteiger partial charge < -0.3 is 4.90 Å². The van der Waals surface area contributed by atoms with Gasteiger partial charge in [0.1, 0.15) is 0 Å². The van der Waals surface area contributed by atoms with E-state index >= 15 is 0 Å². The Kier molecular flexibility index (Phi) is 5.64. The second kappa shape index (κ2) is 7.00. The Labute approximate surface area is 109 Å². The van der Waals surface area contributed by atoms with E-state index in [4.69, 9.17) is 0 Å². The SMILES string of the molecule is BrCCCCCN1CCC[C@H]2CCCC[C@H]21. The third kappa shape index (κ3) is 3.46. The van der Waals surface area contributed by atoms with Crippen molar-refractivity contribution in [1.29, 1.82) is 0 Å². The van der Waals surface area contributed by atoms with Crippen molar-refractivity contribution in [1.82, 2.24) is 4.90 Å². The van der Waals surface area contributed by atoms with Gasteiger partial charge in [0.2, 0.25) is 0 Å². The van der Waals surface area contributed by atoms with E-state index in [1.54, 1.807) is 0 Å². The van der Waals surface area contributed by atoms with Crippen LogP contribution in [0, 0.1) is 5.92 Å². The molecule has 1 nitrogen and oxygen atoms in total. The van der Waals surface area contributed by atoms with Crippen LogP contribution in [0.25, 0.3) is 0 Å². The number of alkyl halides is 1. The molecule has 1 aliphatic heterocycles. The van der Waals surface area contributed by atoms with Gasteiger partial charge in [-0.2, -0.15) is 0 Å². The summed E-state index contributed by atoms with van der Waals surface area (Å²) < 4.78 is 0. The lowest BCUT2D eigenvalue weighted by atomic mass is 9.78. The minimum atomic E-state index is 0.964. The largest absolute Gasteiger partial charge is 0.300 e. The summed E-state index contributed by atoms with van der Waals surface area (Å²) in [5.41, 5.74) is 0. The number of unbranched alkanes of at least 4 members (excludes halogenated alkanes) is 2. The standard InChI is InChI=1S/C14H26BrN/c15-10-4-1-5-11-16-12-6-8-13-7-2-3-9-14(13)16/h13-14H,1-12H2/t13-,14-/m1/s1. The van der Waals surface area contributed by atoms with Gasteiger partial charge in [0.05, 0.1) is 0 Å². The maximum Gasteiger partial charge on any atom is 0.0123 e. The lowest BCUT2D eigenvalue weighted by Crippen LogP contribution is -2.47. The van der Waals surface area contributed by atoms with Crippen LogP contribution in [0.3, 0.4) is 0 Å². The van der Waals surface area contributed by atoms with Crippen molar-refractivity contribution >= 4 is 15.9 Å². The van der Waals surface area contributed by atoms with E-state index < -0.39 is 0 Å². The Morgan fingerprint density at radius 1 is 0.938 bits per heavy atom. The first-order valence-electron chi connectivity index (χ1n) is 7.22. The Bertz CT molecular complexity index is 193. The molecule has 0 aromatic rings. The summed E-state index contributed by atoms with van der Waals surface area (Å²) in [6.07, 6.45) is 13.1. The molecule has 2 rings (SSSR count). The molecule has 0 amide bonds. The summed E-state index contributed by atoms with van der Waals surface area (Å²) >= 11 is 3.52. The molecular formula is C14H26BrN. The maximum absolute atomic E-state index is 3.52. The van der Waals surface area contributed by atoms with Gasteiger partial charge in [0.25, 0.3) is 0 Å². The van der Waals surface area contributed by atoms with E-state index in [0.29, 0.717) is 0 Å². The van der Waals surface area contributed by atoms with Crippen molar-refractivity contribution in [3.63, 3.8) is 0 Å².